The minimum atomic E-state index is 0.929. The zero-order chi connectivity index (χ0) is 4.12. The van der Waals surface area contributed by atoms with Crippen LogP contribution in [0.15, 0.2) is 0 Å². The molecule has 3 radical (unpaired) electrons. The molecule has 0 bridgehead atoms. The molecule has 0 amide bonds. The molecule has 0 rings (SSSR count). The third-order valence-electron chi connectivity index (χ3n) is 0.306. The summed E-state index contributed by atoms with van der Waals surface area (Å²) in [5, 5.41) is 0. The van der Waals surface area contributed by atoms with Gasteiger partial charge in [0.05, 0.1) is 0 Å². The van der Waals surface area contributed by atoms with Crippen LogP contribution in [0.4, 0.5) is 0 Å². The van der Waals surface area contributed by atoms with Crippen molar-refractivity contribution in [1.29, 1.82) is 0 Å². The van der Waals surface area contributed by atoms with Crippen LogP contribution < -0.4 is 0 Å². The molecule has 0 atom stereocenters. The van der Waals surface area contributed by atoms with Crippen molar-refractivity contribution in [3.63, 3.8) is 0 Å². The van der Waals surface area contributed by atoms with Gasteiger partial charge in [-0.2, -0.15) is 0 Å². The van der Waals surface area contributed by atoms with Crippen LogP contribution in [0.1, 0.15) is 0 Å². The quantitative estimate of drug-likeness (QED) is 0.549. The molecule has 0 aromatic carbocycles. The zero-order valence-electron chi connectivity index (χ0n) is 3.32. The summed E-state index contributed by atoms with van der Waals surface area (Å²) in [5.74, 6) is 0. The zero-order valence-corrected chi connectivity index (χ0v) is 6.18. The SMILES string of the molecule is COC[CH2][Sn]. The molecule has 0 aliphatic heterocycles. The molecule has 0 N–H and O–H groups in total. The van der Waals surface area contributed by atoms with Crippen LogP contribution >= 0.6 is 0 Å². The summed E-state index contributed by atoms with van der Waals surface area (Å²) >= 11 is 1.56. The molecule has 0 saturated carbocycles. The fraction of sp³-hybridized carbons (Fsp3) is 1.00. The fourth-order valence-electron chi connectivity index (χ4n) is 0.102. The van der Waals surface area contributed by atoms with Crippen LogP contribution in [0.2, 0.25) is 4.44 Å². The molecule has 1 nitrogen and oxygen atoms in total. The van der Waals surface area contributed by atoms with Crippen molar-refractivity contribution in [3.8, 4) is 0 Å². The van der Waals surface area contributed by atoms with E-state index >= 15 is 0 Å². The Morgan fingerprint density at radius 3 is 2.40 bits per heavy atom. The standard InChI is InChI=1S/C3H7O.Sn/c1-3-4-2;/h1,3H2,2H3;. The van der Waals surface area contributed by atoms with Crippen LogP contribution in [-0.2, 0) is 4.74 Å². The van der Waals surface area contributed by atoms with Crippen molar-refractivity contribution in [2.45, 2.75) is 4.44 Å². The predicted octanol–water partition coefficient (Wildman–Crippen LogP) is 0.220. The van der Waals surface area contributed by atoms with Gasteiger partial charge in [-0.1, -0.05) is 0 Å². The fourth-order valence-corrected chi connectivity index (χ4v) is 0.685. The van der Waals surface area contributed by atoms with Crippen LogP contribution in [0.25, 0.3) is 0 Å². The number of ether oxygens (including phenoxy) is 1. The van der Waals surface area contributed by atoms with E-state index in [2.05, 4.69) is 0 Å². The second-order valence-corrected chi connectivity index (χ2v) is 2.17. The summed E-state index contributed by atoms with van der Waals surface area (Å²) in [6, 6.07) is 0. The van der Waals surface area contributed by atoms with Crippen LogP contribution in [-0.4, -0.2) is 36.2 Å². The first kappa shape index (κ1) is 5.76. The van der Waals surface area contributed by atoms with Gasteiger partial charge in [-0.25, -0.2) is 0 Å². The Bertz CT molecular complexity index is 14.4. The van der Waals surface area contributed by atoms with E-state index in [0.29, 0.717) is 0 Å². The summed E-state index contributed by atoms with van der Waals surface area (Å²) in [6.07, 6.45) is 0. The van der Waals surface area contributed by atoms with Crippen molar-refractivity contribution >= 4 is 22.5 Å². The van der Waals surface area contributed by atoms with E-state index in [9.17, 15) is 0 Å². The van der Waals surface area contributed by atoms with E-state index in [1.165, 1.54) is 4.44 Å². The van der Waals surface area contributed by atoms with E-state index in [-0.39, 0.29) is 0 Å². The van der Waals surface area contributed by atoms with Gasteiger partial charge in [-0.15, -0.1) is 0 Å². The van der Waals surface area contributed by atoms with Gasteiger partial charge in [0, 0.05) is 0 Å². The summed E-state index contributed by atoms with van der Waals surface area (Å²) in [4.78, 5) is 0. The molecule has 0 fully saturated rings. The molecular weight excluding hydrogens is 171 g/mol. The average molecular weight is 178 g/mol. The Morgan fingerprint density at radius 1 is 1.80 bits per heavy atom. The Hall–Kier alpha value is 0.759. The van der Waals surface area contributed by atoms with Crippen LogP contribution in [0.3, 0.4) is 0 Å². The molecular formula is C3H7OSn. The molecule has 0 heterocycles. The van der Waals surface area contributed by atoms with Gasteiger partial charge in [0.1, 0.15) is 0 Å². The maximum atomic E-state index is 4.71. The summed E-state index contributed by atoms with van der Waals surface area (Å²) in [5.41, 5.74) is 0. The molecule has 0 aromatic rings. The maximum absolute atomic E-state index is 4.71. The molecule has 0 saturated heterocycles. The number of hydrogen-bond acceptors (Lipinski definition) is 1. The molecule has 0 spiro atoms. The van der Waals surface area contributed by atoms with Crippen molar-refractivity contribution in [2.24, 2.45) is 0 Å². The van der Waals surface area contributed by atoms with Gasteiger partial charge < -0.3 is 0 Å². The topological polar surface area (TPSA) is 9.23 Å². The first-order valence-electron chi connectivity index (χ1n) is 1.55. The molecule has 5 heavy (non-hydrogen) atoms. The normalized spacial score (nSPS) is 8.40. The van der Waals surface area contributed by atoms with Crippen LogP contribution in [0, 0.1) is 0 Å². The third-order valence-corrected chi connectivity index (χ3v) is 0.889. The van der Waals surface area contributed by atoms with Crippen molar-refractivity contribution in [3.05, 3.63) is 0 Å². The van der Waals surface area contributed by atoms with Crippen molar-refractivity contribution < 1.29 is 4.74 Å². The van der Waals surface area contributed by atoms with Gasteiger partial charge in [0.15, 0.2) is 0 Å². The molecule has 0 aromatic heterocycles. The second kappa shape index (κ2) is 4.76. The monoisotopic (exact) mass is 179 g/mol. The summed E-state index contributed by atoms with van der Waals surface area (Å²) in [7, 11) is 1.73. The Kier molecular flexibility index (Phi) is 5.48. The van der Waals surface area contributed by atoms with Gasteiger partial charge in [0.25, 0.3) is 0 Å². The summed E-state index contributed by atoms with van der Waals surface area (Å²) in [6.45, 7) is 0.929. The number of methoxy groups -OCH3 is 1. The van der Waals surface area contributed by atoms with Crippen LogP contribution in [0.5, 0.6) is 0 Å². The Balaban J connectivity index is 2.19. The van der Waals surface area contributed by atoms with E-state index in [0.717, 1.165) is 6.61 Å². The van der Waals surface area contributed by atoms with Gasteiger partial charge in [-0.3, -0.25) is 0 Å². The molecule has 2 heteroatoms. The van der Waals surface area contributed by atoms with Crippen molar-refractivity contribution in [1.82, 2.24) is 0 Å². The predicted molar refractivity (Wildman–Crippen MR) is 22.4 cm³/mol. The van der Waals surface area contributed by atoms with E-state index < -0.39 is 0 Å². The molecule has 0 aliphatic carbocycles. The Labute approximate surface area is 45.8 Å². The second-order valence-electron chi connectivity index (χ2n) is 0.743. The molecule has 0 aliphatic rings. The van der Waals surface area contributed by atoms with Crippen molar-refractivity contribution in [2.75, 3.05) is 13.7 Å². The molecule has 0 unspecified atom stereocenters. The van der Waals surface area contributed by atoms with E-state index in [1.54, 1.807) is 29.6 Å². The average Bonchev–Trinajstić information content (AvgIpc) is 1.41. The van der Waals surface area contributed by atoms with Gasteiger partial charge >= 0.3 is 45.4 Å². The number of hydrogen-bond donors (Lipinski definition) is 0. The van der Waals surface area contributed by atoms with E-state index in [4.69, 9.17) is 4.74 Å². The minimum absolute atomic E-state index is 0.929. The Morgan fingerprint density at radius 2 is 2.40 bits per heavy atom. The first-order valence-corrected chi connectivity index (χ1v) is 3.57. The first-order chi connectivity index (χ1) is 2.41. The third kappa shape index (κ3) is 4.76. The number of rotatable bonds is 2. The molecule has 29 valence electrons. The van der Waals surface area contributed by atoms with E-state index in [1.807, 2.05) is 0 Å². The summed E-state index contributed by atoms with van der Waals surface area (Å²) < 4.78 is 5.92. The van der Waals surface area contributed by atoms with Gasteiger partial charge in [0.2, 0.25) is 0 Å². The van der Waals surface area contributed by atoms with Gasteiger partial charge in [-0.05, 0) is 0 Å².